The molecule has 0 N–H and O–H groups in total. The molecule has 0 saturated carbocycles. The van der Waals surface area contributed by atoms with E-state index in [4.69, 9.17) is 0 Å². The minimum absolute atomic E-state index is 0.106. The molecule has 1 aliphatic carbocycles. The van der Waals surface area contributed by atoms with E-state index in [1.165, 1.54) is 0 Å². The predicted molar refractivity (Wildman–Crippen MR) is 112 cm³/mol. The number of rotatable bonds is 4. The molecule has 0 amide bonds. The van der Waals surface area contributed by atoms with E-state index in [9.17, 15) is 9.59 Å². The second kappa shape index (κ2) is 6.99. The number of fused-ring (bicyclic) bond motifs is 2. The van der Waals surface area contributed by atoms with Crippen molar-refractivity contribution >= 4 is 23.3 Å². The molecule has 140 valence electrons. The molecule has 1 aliphatic rings. The minimum atomic E-state index is -0.142. The van der Waals surface area contributed by atoms with Crippen LogP contribution in [0.5, 0.6) is 0 Å². The lowest BCUT2D eigenvalue weighted by molar-refractivity contribution is -0.120. The summed E-state index contributed by atoms with van der Waals surface area (Å²) < 4.78 is 1.97. The molecule has 0 bridgehead atoms. The zero-order valence-electron chi connectivity index (χ0n) is 15.7. The van der Waals surface area contributed by atoms with Crippen molar-refractivity contribution in [3.63, 3.8) is 0 Å². The molecule has 0 radical (unpaired) electrons. The van der Waals surface area contributed by atoms with Gasteiger partial charge in [-0.25, -0.2) is 4.98 Å². The quantitative estimate of drug-likeness (QED) is 0.497. The Hall–Kier alpha value is -3.79. The molecule has 0 aliphatic heterocycles. The van der Waals surface area contributed by atoms with E-state index in [1.807, 2.05) is 83.5 Å². The number of carbonyl (C=O) groups excluding carboxylic acids is 2. The molecule has 0 spiro atoms. The second-order valence-corrected chi connectivity index (χ2v) is 7.25. The standard InChI is InChI=1S/C25H18N2O2/c28-23(21-14-18-7-1-2-8-19(18)15-24(21)29)13-17-6-5-9-20(12-17)22-16-27-11-4-3-10-25(27)26-22/h1-12,14,16H,13,15H2. The van der Waals surface area contributed by atoms with Crippen LogP contribution in [-0.2, 0) is 22.4 Å². The number of aromatic nitrogens is 2. The van der Waals surface area contributed by atoms with Gasteiger partial charge >= 0.3 is 0 Å². The zero-order valence-corrected chi connectivity index (χ0v) is 15.7. The summed E-state index contributed by atoms with van der Waals surface area (Å²) in [6.07, 6.45) is 6.14. The number of Topliss-reactive ketones (excluding diaryl/α,β-unsaturated/α-hetero) is 2. The summed E-state index contributed by atoms with van der Waals surface area (Å²) in [6, 6.07) is 21.4. The average Bonchev–Trinajstić information content (AvgIpc) is 3.18. The number of pyridine rings is 1. The third-order valence-corrected chi connectivity index (χ3v) is 5.26. The van der Waals surface area contributed by atoms with Crippen LogP contribution in [0.25, 0.3) is 23.0 Å². The normalized spacial score (nSPS) is 13.2. The van der Waals surface area contributed by atoms with Gasteiger partial charge in [-0.15, -0.1) is 0 Å². The Morgan fingerprint density at radius 1 is 1.00 bits per heavy atom. The van der Waals surface area contributed by atoms with Crippen molar-refractivity contribution in [1.29, 1.82) is 0 Å². The summed E-state index contributed by atoms with van der Waals surface area (Å²) in [5.41, 5.74) is 5.78. The number of imidazole rings is 1. The second-order valence-electron chi connectivity index (χ2n) is 7.25. The highest BCUT2D eigenvalue weighted by atomic mass is 16.1. The van der Waals surface area contributed by atoms with Crippen LogP contribution in [0.3, 0.4) is 0 Å². The summed E-state index contributed by atoms with van der Waals surface area (Å²) in [4.78, 5) is 30.0. The van der Waals surface area contributed by atoms with E-state index < -0.39 is 0 Å². The fraction of sp³-hybridized carbons (Fsp3) is 0.0800. The van der Waals surface area contributed by atoms with Gasteiger partial charge in [0.25, 0.3) is 0 Å². The van der Waals surface area contributed by atoms with Crippen LogP contribution in [-0.4, -0.2) is 21.0 Å². The molecule has 4 nitrogen and oxygen atoms in total. The summed E-state index contributed by atoms with van der Waals surface area (Å²) in [7, 11) is 0. The maximum Gasteiger partial charge on any atom is 0.170 e. The first-order valence-electron chi connectivity index (χ1n) is 9.56. The van der Waals surface area contributed by atoms with Crippen molar-refractivity contribution in [1.82, 2.24) is 9.38 Å². The van der Waals surface area contributed by atoms with Crippen LogP contribution < -0.4 is 0 Å². The highest BCUT2D eigenvalue weighted by Crippen LogP contribution is 2.24. The van der Waals surface area contributed by atoms with E-state index in [2.05, 4.69) is 4.98 Å². The van der Waals surface area contributed by atoms with E-state index in [0.717, 1.165) is 33.6 Å². The Morgan fingerprint density at radius 2 is 1.86 bits per heavy atom. The molecule has 4 heteroatoms. The molecule has 0 unspecified atom stereocenters. The lowest BCUT2D eigenvalue weighted by atomic mass is 9.87. The van der Waals surface area contributed by atoms with Gasteiger partial charge in [-0.2, -0.15) is 0 Å². The van der Waals surface area contributed by atoms with Crippen LogP contribution in [0.15, 0.2) is 84.7 Å². The topological polar surface area (TPSA) is 51.4 Å². The monoisotopic (exact) mass is 378 g/mol. The fourth-order valence-electron chi connectivity index (χ4n) is 3.77. The highest BCUT2D eigenvalue weighted by molar-refractivity contribution is 6.25. The SMILES string of the molecule is O=C(Cc1cccc(-c2cn3ccccc3n2)c1)C1=Cc2ccccc2CC1=O. The first-order valence-corrected chi connectivity index (χ1v) is 9.56. The van der Waals surface area contributed by atoms with Crippen molar-refractivity contribution in [2.75, 3.05) is 0 Å². The molecular weight excluding hydrogens is 360 g/mol. The highest BCUT2D eigenvalue weighted by Gasteiger charge is 2.23. The molecule has 2 aromatic heterocycles. The number of benzene rings is 2. The Labute approximate surface area is 168 Å². The maximum absolute atomic E-state index is 12.9. The summed E-state index contributed by atoms with van der Waals surface area (Å²) in [5, 5.41) is 0. The van der Waals surface area contributed by atoms with Crippen LogP contribution in [0.1, 0.15) is 16.7 Å². The summed E-state index contributed by atoms with van der Waals surface area (Å²) in [5.74, 6) is -0.248. The Morgan fingerprint density at radius 3 is 2.76 bits per heavy atom. The molecule has 2 heterocycles. The average molecular weight is 378 g/mol. The Bertz CT molecular complexity index is 1260. The zero-order chi connectivity index (χ0) is 19.8. The number of ketones is 2. The molecule has 0 saturated heterocycles. The van der Waals surface area contributed by atoms with Gasteiger partial charge < -0.3 is 4.40 Å². The van der Waals surface area contributed by atoms with Crippen LogP contribution in [0.4, 0.5) is 0 Å². The Kier molecular flexibility index (Phi) is 4.17. The number of hydrogen-bond donors (Lipinski definition) is 0. The van der Waals surface area contributed by atoms with E-state index in [1.54, 1.807) is 6.08 Å². The van der Waals surface area contributed by atoms with Gasteiger partial charge in [0, 0.05) is 30.8 Å². The largest absolute Gasteiger partial charge is 0.306 e. The predicted octanol–water partition coefficient (Wildman–Crippen LogP) is 4.32. The first-order chi connectivity index (χ1) is 14.2. The molecule has 4 aromatic rings. The lowest BCUT2D eigenvalue weighted by Gasteiger charge is -2.14. The van der Waals surface area contributed by atoms with Crippen molar-refractivity contribution < 1.29 is 9.59 Å². The first kappa shape index (κ1) is 17.3. The Balaban J connectivity index is 1.42. The fourth-order valence-corrected chi connectivity index (χ4v) is 3.77. The third kappa shape index (κ3) is 3.29. The van der Waals surface area contributed by atoms with Crippen LogP contribution >= 0.6 is 0 Å². The number of nitrogens with zero attached hydrogens (tertiary/aromatic N) is 2. The summed E-state index contributed by atoms with van der Waals surface area (Å²) >= 11 is 0. The number of allylic oxidation sites excluding steroid dienone is 1. The van der Waals surface area contributed by atoms with Gasteiger partial charge in [0.15, 0.2) is 11.6 Å². The molecule has 0 atom stereocenters. The van der Waals surface area contributed by atoms with E-state index >= 15 is 0 Å². The molecule has 0 fully saturated rings. The molecule has 29 heavy (non-hydrogen) atoms. The molecule has 5 rings (SSSR count). The van der Waals surface area contributed by atoms with Gasteiger partial charge in [-0.3, -0.25) is 9.59 Å². The van der Waals surface area contributed by atoms with E-state index in [0.29, 0.717) is 5.57 Å². The maximum atomic E-state index is 12.9. The minimum Gasteiger partial charge on any atom is -0.306 e. The molecular formula is C25H18N2O2. The van der Waals surface area contributed by atoms with E-state index in [-0.39, 0.29) is 24.4 Å². The summed E-state index contributed by atoms with van der Waals surface area (Å²) in [6.45, 7) is 0. The smallest absolute Gasteiger partial charge is 0.170 e. The molecule has 2 aromatic carbocycles. The van der Waals surface area contributed by atoms with Gasteiger partial charge in [0.2, 0.25) is 0 Å². The van der Waals surface area contributed by atoms with Crippen molar-refractivity contribution in [3.8, 4) is 11.3 Å². The van der Waals surface area contributed by atoms with Crippen LogP contribution in [0.2, 0.25) is 0 Å². The van der Waals surface area contributed by atoms with Gasteiger partial charge in [-0.05, 0) is 41.0 Å². The van der Waals surface area contributed by atoms with Gasteiger partial charge in [-0.1, -0.05) is 48.5 Å². The van der Waals surface area contributed by atoms with Crippen molar-refractivity contribution in [2.24, 2.45) is 0 Å². The van der Waals surface area contributed by atoms with Crippen molar-refractivity contribution in [2.45, 2.75) is 12.8 Å². The number of carbonyl (C=O) groups is 2. The number of hydrogen-bond acceptors (Lipinski definition) is 3. The van der Waals surface area contributed by atoms with Crippen LogP contribution in [0, 0.1) is 0 Å². The lowest BCUT2D eigenvalue weighted by Crippen LogP contribution is -2.20. The van der Waals surface area contributed by atoms with Gasteiger partial charge in [0.1, 0.15) is 5.65 Å². The van der Waals surface area contributed by atoms with Crippen molar-refractivity contribution in [3.05, 3.63) is 101 Å². The van der Waals surface area contributed by atoms with Gasteiger partial charge in [0.05, 0.1) is 11.3 Å². The third-order valence-electron chi connectivity index (χ3n) is 5.26.